The van der Waals surface area contributed by atoms with Crippen molar-refractivity contribution >= 4 is 22.5 Å². The Bertz CT molecular complexity index is 738. The zero-order valence-corrected chi connectivity index (χ0v) is 11.1. The van der Waals surface area contributed by atoms with Gasteiger partial charge in [-0.1, -0.05) is 41.9 Å². The molecule has 94 valence electrons. The minimum Gasteiger partial charge on any atom is -0.326 e. The number of nitrogens with zero attached hydrogens (tertiary/aromatic N) is 1. The third-order valence-corrected chi connectivity index (χ3v) is 3.48. The van der Waals surface area contributed by atoms with Gasteiger partial charge in [-0.3, -0.25) is 4.98 Å². The van der Waals surface area contributed by atoms with Crippen LogP contribution in [0.15, 0.2) is 54.7 Å². The highest BCUT2D eigenvalue weighted by Gasteiger charge is 2.06. The van der Waals surface area contributed by atoms with Gasteiger partial charge in [-0.25, -0.2) is 0 Å². The van der Waals surface area contributed by atoms with Gasteiger partial charge in [-0.15, -0.1) is 0 Å². The van der Waals surface area contributed by atoms with E-state index in [9.17, 15) is 0 Å². The molecule has 3 aromatic rings. The van der Waals surface area contributed by atoms with Crippen LogP contribution in [0, 0.1) is 0 Å². The molecule has 0 aliphatic rings. The Morgan fingerprint density at radius 2 is 1.89 bits per heavy atom. The van der Waals surface area contributed by atoms with E-state index in [1.54, 1.807) is 0 Å². The van der Waals surface area contributed by atoms with Crippen LogP contribution in [0.2, 0.25) is 5.02 Å². The molecule has 3 heteroatoms. The van der Waals surface area contributed by atoms with Crippen molar-refractivity contribution in [2.24, 2.45) is 5.73 Å². The van der Waals surface area contributed by atoms with E-state index in [1.165, 1.54) is 0 Å². The average Bonchev–Trinajstić information content (AvgIpc) is 2.46. The Kier molecular flexibility index (Phi) is 3.20. The summed E-state index contributed by atoms with van der Waals surface area (Å²) in [6.07, 6.45) is 1.85. The van der Waals surface area contributed by atoms with Gasteiger partial charge in [0.15, 0.2) is 0 Å². The van der Waals surface area contributed by atoms with Crippen molar-refractivity contribution in [3.05, 3.63) is 65.3 Å². The summed E-state index contributed by atoms with van der Waals surface area (Å²) in [7, 11) is 0. The van der Waals surface area contributed by atoms with Gasteiger partial charge in [0.25, 0.3) is 0 Å². The van der Waals surface area contributed by atoms with Crippen molar-refractivity contribution in [2.75, 3.05) is 0 Å². The van der Waals surface area contributed by atoms with Crippen LogP contribution in [0.3, 0.4) is 0 Å². The second-order valence-electron chi connectivity index (χ2n) is 4.44. The highest BCUT2D eigenvalue weighted by molar-refractivity contribution is 6.33. The van der Waals surface area contributed by atoms with Gasteiger partial charge >= 0.3 is 0 Å². The summed E-state index contributed by atoms with van der Waals surface area (Å²) in [4.78, 5) is 4.46. The summed E-state index contributed by atoms with van der Waals surface area (Å²) in [5.74, 6) is 0. The van der Waals surface area contributed by atoms with Gasteiger partial charge < -0.3 is 5.73 Å². The molecule has 1 heterocycles. The first-order valence-corrected chi connectivity index (χ1v) is 6.49. The van der Waals surface area contributed by atoms with E-state index >= 15 is 0 Å². The second-order valence-corrected chi connectivity index (χ2v) is 4.84. The zero-order chi connectivity index (χ0) is 13.2. The minimum atomic E-state index is 0.496. The van der Waals surface area contributed by atoms with E-state index in [2.05, 4.69) is 11.1 Å². The van der Waals surface area contributed by atoms with Crippen molar-refractivity contribution in [2.45, 2.75) is 6.54 Å². The summed E-state index contributed by atoms with van der Waals surface area (Å²) < 4.78 is 0. The molecule has 0 unspecified atom stereocenters. The van der Waals surface area contributed by atoms with Crippen LogP contribution >= 0.6 is 11.6 Å². The largest absolute Gasteiger partial charge is 0.326 e. The van der Waals surface area contributed by atoms with E-state index in [0.717, 1.165) is 27.6 Å². The number of hydrogen-bond donors (Lipinski definition) is 1. The number of aromatic nitrogens is 1. The van der Waals surface area contributed by atoms with Crippen LogP contribution in [0.5, 0.6) is 0 Å². The molecule has 0 saturated heterocycles. The molecule has 0 amide bonds. The van der Waals surface area contributed by atoms with Gasteiger partial charge in [0.2, 0.25) is 0 Å². The lowest BCUT2D eigenvalue weighted by atomic mass is 10.0. The summed E-state index contributed by atoms with van der Waals surface area (Å²) in [5, 5.41) is 1.82. The fourth-order valence-electron chi connectivity index (χ4n) is 2.14. The lowest BCUT2D eigenvalue weighted by Crippen LogP contribution is -1.96. The summed E-state index contributed by atoms with van der Waals surface area (Å²) in [6.45, 7) is 0.496. The third kappa shape index (κ3) is 2.33. The topological polar surface area (TPSA) is 38.9 Å². The zero-order valence-electron chi connectivity index (χ0n) is 10.3. The predicted molar refractivity (Wildman–Crippen MR) is 80.1 cm³/mol. The van der Waals surface area contributed by atoms with Gasteiger partial charge in [-0.2, -0.15) is 0 Å². The van der Waals surface area contributed by atoms with Gasteiger partial charge in [0.05, 0.1) is 5.52 Å². The number of rotatable bonds is 2. The van der Waals surface area contributed by atoms with Gasteiger partial charge in [0, 0.05) is 34.3 Å². The molecule has 3 rings (SSSR count). The molecule has 0 atom stereocenters. The number of hydrogen-bond acceptors (Lipinski definition) is 2. The van der Waals surface area contributed by atoms with Crippen molar-refractivity contribution < 1.29 is 0 Å². The number of fused-ring (bicyclic) bond motifs is 1. The Balaban J connectivity index is 2.13. The molecule has 0 aliphatic heterocycles. The number of nitrogens with two attached hydrogens (primary N) is 1. The number of benzene rings is 2. The smallest absolute Gasteiger partial charge is 0.0702 e. The molecule has 0 saturated carbocycles. The summed E-state index contributed by atoms with van der Waals surface area (Å²) in [6, 6.07) is 16.0. The molecule has 19 heavy (non-hydrogen) atoms. The Hall–Kier alpha value is -1.90. The maximum atomic E-state index is 6.31. The predicted octanol–water partition coefficient (Wildman–Crippen LogP) is 4.01. The fourth-order valence-corrected chi connectivity index (χ4v) is 2.45. The fraction of sp³-hybridized carbons (Fsp3) is 0.0625. The number of para-hydroxylation sites is 1. The maximum Gasteiger partial charge on any atom is 0.0702 e. The van der Waals surface area contributed by atoms with Crippen molar-refractivity contribution in [1.82, 2.24) is 4.98 Å². The first-order valence-electron chi connectivity index (χ1n) is 6.11. The highest BCUT2D eigenvalue weighted by Crippen LogP contribution is 2.30. The molecular formula is C16H13ClN2. The maximum absolute atomic E-state index is 6.31. The summed E-state index contributed by atoms with van der Waals surface area (Å²) >= 11 is 6.31. The van der Waals surface area contributed by atoms with Crippen LogP contribution in [-0.4, -0.2) is 4.98 Å². The van der Waals surface area contributed by atoms with Gasteiger partial charge in [-0.05, 0) is 23.8 Å². The highest BCUT2D eigenvalue weighted by atomic mass is 35.5. The third-order valence-electron chi connectivity index (χ3n) is 3.17. The van der Waals surface area contributed by atoms with Crippen molar-refractivity contribution in [3.63, 3.8) is 0 Å². The molecule has 2 aromatic carbocycles. The quantitative estimate of drug-likeness (QED) is 0.763. The Morgan fingerprint density at radius 1 is 1.05 bits per heavy atom. The SMILES string of the molecule is NCc1ccc(-c2cnc3ccccc3c2)c(Cl)c1. The van der Waals surface area contributed by atoms with E-state index in [-0.39, 0.29) is 0 Å². The van der Waals surface area contributed by atoms with Crippen molar-refractivity contribution in [3.8, 4) is 11.1 Å². The molecule has 0 bridgehead atoms. The summed E-state index contributed by atoms with van der Waals surface area (Å²) in [5.41, 5.74) is 9.63. The Morgan fingerprint density at radius 3 is 2.68 bits per heavy atom. The van der Waals surface area contributed by atoms with Crippen LogP contribution in [0.25, 0.3) is 22.0 Å². The Labute approximate surface area is 116 Å². The monoisotopic (exact) mass is 268 g/mol. The van der Waals surface area contributed by atoms with E-state index in [0.29, 0.717) is 11.6 Å². The molecule has 1 aromatic heterocycles. The van der Waals surface area contributed by atoms with Crippen LogP contribution in [0.1, 0.15) is 5.56 Å². The van der Waals surface area contributed by atoms with Crippen LogP contribution in [0.4, 0.5) is 0 Å². The standard InChI is InChI=1S/C16H13ClN2/c17-15-7-11(9-18)5-6-14(15)13-8-12-3-1-2-4-16(12)19-10-13/h1-8,10H,9,18H2. The van der Waals surface area contributed by atoms with Crippen LogP contribution in [-0.2, 0) is 6.54 Å². The van der Waals surface area contributed by atoms with E-state index < -0.39 is 0 Å². The van der Waals surface area contributed by atoms with Crippen LogP contribution < -0.4 is 5.73 Å². The molecule has 0 fully saturated rings. The first-order chi connectivity index (χ1) is 9.28. The van der Waals surface area contributed by atoms with E-state index in [1.807, 2.05) is 48.7 Å². The molecule has 2 nitrogen and oxygen atoms in total. The first kappa shape index (κ1) is 12.2. The normalized spacial score (nSPS) is 10.8. The number of pyridine rings is 1. The second kappa shape index (κ2) is 5.00. The molecule has 0 spiro atoms. The molecule has 2 N–H and O–H groups in total. The van der Waals surface area contributed by atoms with E-state index in [4.69, 9.17) is 17.3 Å². The molecule has 0 aliphatic carbocycles. The average molecular weight is 269 g/mol. The molecule has 0 radical (unpaired) electrons. The molecular weight excluding hydrogens is 256 g/mol. The number of halogens is 1. The minimum absolute atomic E-state index is 0.496. The lowest BCUT2D eigenvalue weighted by molar-refractivity contribution is 1.07. The lowest BCUT2D eigenvalue weighted by Gasteiger charge is -2.07. The van der Waals surface area contributed by atoms with Crippen molar-refractivity contribution in [1.29, 1.82) is 0 Å². The van der Waals surface area contributed by atoms with Gasteiger partial charge in [0.1, 0.15) is 0 Å².